The summed E-state index contributed by atoms with van der Waals surface area (Å²) in [7, 11) is 1.32. The SMILES string of the molecule is COc1cc(O)c2c(c1C(=O)NCc1cc(CCCC(=O)O)cc3ccccc13)OC1=CC(O)=C(C(C)=O)C(=O)[C@]12C. The average Bonchev–Trinajstić information content (AvgIpc) is 3.24. The van der Waals surface area contributed by atoms with E-state index in [1.165, 1.54) is 20.1 Å². The van der Waals surface area contributed by atoms with Gasteiger partial charge in [-0.05, 0) is 48.6 Å². The number of fused-ring (bicyclic) bond motifs is 4. The maximum atomic E-state index is 13.7. The molecule has 1 aliphatic carbocycles. The molecule has 1 aliphatic heterocycles. The number of aromatic hydroxyl groups is 1. The molecular weight excluding hydrogens is 542 g/mol. The second-order valence-electron chi connectivity index (χ2n) is 10.5. The van der Waals surface area contributed by atoms with Crippen LogP contribution < -0.4 is 14.8 Å². The van der Waals surface area contributed by atoms with Gasteiger partial charge in [0.25, 0.3) is 5.91 Å². The van der Waals surface area contributed by atoms with Crippen LogP contribution in [-0.4, -0.2) is 45.9 Å². The third kappa shape index (κ3) is 4.64. The normalized spacial score (nSPS) is 17.3. The third-order valence-electron chi connectivity index (χ3n) is 7.74. The highest BCUT2D eigenvalue weighted by atomic mass is 16.5. The van der Waals surface area contributed by atoms with Gasteiger partial charge < -0.3 is 30.1 Å². The summed E-state index contributed by atoms with van der Waals surface area (Å²) in [5, 5.41) is 35.1. The molecule has 4 N–H and O–H groups in total. The van der Waals surface area contributed by atoms with Gasteiger partial charge in [0.1, 0.15) is 39.6 Å². The lowest BCUT2D eigenvalue weighted by molar-refractivity contribution is -0.137. The van der Waals surface area contributed by atoms with Gasteiger partial charge in [0.2, 0.25) is 0 Å². The Morgan fingerprint density at radius 3 is 2.52 bits per heavy atom. The van der Waals surface area contributed by atoms with Crippen LogP contribution in [0.1, 0.15) is 53.7 Å². The van der Waals surface area contributed by atoms with E-state index in [2.05, 4.69) is 5.32 Å². The van der Waals surface area contributed by atoms with Gasteiger partial charge in [-0.3, -0.25) is 19.2 Å². The van der Waals surface area contributed by atoms with Crippen LogP contribution in [0.15, 0.2) is 65.6 Å². The van der Waals surface area contributed by atoms with Crippen LogP contribution in [0.5, 0.6) is 17.2 Å². The minimum atomic E-state index is -1.66. The number of aliphatic carboxylic acids is 1. The number of hydrogen-bond acceptors (Lipinski definition) is 8. The number of phenolic OH excluding ortho intramolecular Hbond substituents is 1. The van der Waals surface area contributed by atoms with Crippen molar-refractivity contribution in [1.82, 2.24) is 5.32 Å². The van der Waals surface area contributed by atoms with Crippen LogP contribution in [0, 0.1) is 0 Å². The van der Waals surface area contributed by atoms with Crippen LogP contribution >= 0.6 is 0 Å². The molecule has 10 nitrogen and oxygen atoms in total. The minimum absolute atomic E-state index is 0.00435. The summed E-state index contributed by atoms with van der Waals surface area (Å²) < 4.78 is 11.4. The Balaban J connectivity index is 1.51. The number of aryl methyl sites for hydroxylation is 1. The van der Waals surface area contributed by atoms with Crippen molar-refractivity contribution in [3.63, 3.8) is 0 Å². The Bertz CT molecular complexity index is 1750. The molecule has 0 unspecified atom stereocenters. The minimum Gasteiger partial charge on any atom is -0.507 e. The molecule has 0 saturated heterocycles. The van der Waals surface area contributed by atoms with Crippen molar-refractivity contribution in [3.05, 3.63) is 87.9 Å². The predicted molar refractivity (Wildman–Crippen MR) is 152 cm³/mol. The molecule has 1 heterocycles. The summed E-state index contributed by atoms with van der Waals surface area (Å²) in [5.74, 6) is -3.97. The maximum absolute atomic E-state index is 13.7. The number of ketones is 2. The zero-order chi connectivity index (χ0) is 30.3. The fourth-order valence-electron chi connectivity index (χ4n) is 5.68. The number of nitrogens with one attached hydrogen (secondary N) is 1. The maximum Gasteiger partial charge on any atom is 0.303 e. The Labute approximate surface area is 240 Å². The van der Waals surface area contributed by atoms with Crippen molar-refractivity contribution < 1.29 is 44.0 Å². The Morgan fingerprint density at radius 1 is 1.10 bits per heavy atom. The summed E-state index contributed by atoms with van der Waals surface area (Å²) in [4.78, 5) is 50.4. The lowest BCUT2D eigenvalue weighted by Crippen LogP contribution is -2.38. The smallest absolute Gasteiger partial charge is 0.303 e. The van der Waals surface area contributed by atoms with Crippen LogP contribution in [0.3, 0.4) is 0 Å². The molecule has 2 aliphatic rings. The number of allylic oxidation sites excluding steroid dienone is 3. The van der Waals surface area contributed by atoms with E-state index in [0.29, 0.717) is 12.8 Å². The predicted octanol–water partition coefficient (Wildman–Crippen LogP) is 4.41. The molecule has 0 radical (unpaired) electrons. The number of hydrogen-bond donors (Lipinski definition) is 4. The lowest BCUT2D eigenvalue weighted by Gasteiger charge is -2.27. The van der Waals surface area contributed by atoms with Gasteiger partial charge in [-0.1, -0.05) is 36.4 Å². The zero-order valence-corrected chi connectivity index (χ0v) is 23.2. The second kappa shape index (κ2) is 10.7. The number of amides is 1. The molecule has 0 spiro atoms. The van der Waals surface area contributed by atoms with Crippen molar-refractivity contribution in [2.24, 2.45) is 0 Å². The topological polar surface area (TPSA) is 159 Å². The van der Waals surface area contributed by atoms with Gasteiger partial charge in [0, 0.05) is 25.1 Å². The Hall–Kier alpha value is -5.12. The van der Waals surface area contributed by atoms with Crippen LogP contribution in [0.2, 0.25) is 0 Å². The van der Waals surface area contributed by atoms with Gasteiger partial charge in [0.05, 0.1) is 12.7 Å². The summed E-state index contributed by atoms with van der Waals surface area (Å²) >= 11 is 0. The zero-order valence-electron chi connectivity index (χ0n) is 23.2. The number of carbonyl (C=O) groups excluding carboxylic acids is 3. The third-order valence-corrected chi connectivity index (χ3v) is 7.74. The van der Waals surface area contributed by atoms with Crippen molar-refractivity contribution in [2.45, 2.75) is 45.1 Å². The van der Waals surface area contributed by atoms with E-state index < -0.39 is 40.2 Å². The number of carboxylic acids is 1. The molecular formula is C32H29NO9. The molecule has 0 bridgehead atoms. The van der Waals surface area contributed by atoms with Crippen molar-refractivity contribution in [2.75, 3.05) is 7.11 Å². The number of benzene rings is 3. The highest BCUT2D eigenvalue weighted by Crippen LogP contribution is 2.56. The Kier molecular flexibility index (Phi) is 7.24. The van der Waals surface area contributed by atoms with Crippen molar-refractivity contribution in [3.8, 4) is 17.2 Å². The molecule has 10 heteroatoms. The number of carbonyl (C=O) groups is 4. The Morgan fingerprint density at radius 2 is 1.83 bits per heavy atom. The van der Waals surface area contributed by atoms with Gasteiger partial charge in [-0.15, -0.1) is 0 Å². The summed E-state index contributed by atoms with van der Waals surface area (Å²) in [6, 6.07) is 12.8. The first-order valence-corrected chi connectivity index (χ1v) is 13.3. The lowest BCUT2D eigenvalue weighted by atomic mass is 9.71. The molecule has 1 atom stereocenters. The average molecular weight is 572 g/mol. The second-order valence-corrected chi connectivity index (χ2v) is 10.5. The largest absolute Gasteiger partial charge is 0.507 e. The number of rotatable bonds is 9. The summed E-state index contributed by atoms with van der Waals surface area (Å²) in [6.07, 6.45) is 2.21. The number of methoxy groups -OCH3 is 1. The van der Waals surface area contributed by atoms with E-state index in [-0.39, 0.29) is 47.1 Å². The van der Waals surface area contributed by atoms with E-state index in [1.807, 2.05) is 36.4 Å². The number of carboxylic acid groups (broad SMARTS) is 1. The van der Waals surface area contributed by atoms with E-state index in [9.17, 15) is 29.4 Å². The van der Waals surface area contributed by atoms with E-state index in [1.54, 1.807) is 0 Å². The van der Waals surface area contributed by atoms with Gasteiger partial charge in [-0.25, -0.2) is 0 Å². The van der Waals surface area contributed by atoms with E-state index >= 15 is 0 Å². The molecule has 42 heavy (non-hydrogen) atoms. The first-order valence-electron chi connectivity index (χ1n) is 13.3. The molecule has 5 rings (SSSR count). The molecule has 0 fully saturated rings. The summed E-state index contributed by atoms with van der Waals surface area (Å²) in [5.41, 5.74) is -0.423. The number of Topliss-reactive ketones (excluding diaryl/α,β-unsaturated/α-hetero) is 2. The summed E-state index contributed by atoms with van der Waals surface area (Å²) in [6.45, 7) is 2.71. The molecule has 0 saturated carbocycles. The van der Waals surface area contributed by atoms with Crippen molar-refractivity contribution >= 4 is 34.2 Å². The molecule has 0 aromatic heterocycles. The van der Waals surface area contributed by atoms with Crippen molar-refractivity contribution in [1.29, 1.82) is 0 Å². The van der Waals surface area contributed by atoms with Gasteiger partial charge in [0.15, 0.2) is 17.3 Å². The highest BCUT2D eigenvalue weighted by Gasteiger charge is 2.55. The molecule has 216 valence electrons. The number of phenols is 1. The number of aliphatic hydroxyl groups excluding tert-OH is 1. The fourth-order valence-corrected chi connectivity index (χ4v) is 5.68. The molecule has 3 aromatic rings. The highest BCUT2D eigenvalue weighted by molar-refractivity contribution is 6.25. The molecule has 3 aromatic carbocycles. The van der Waals surface area contributed by atoms with E-state index in [0.717, 1.165) is 34.9 Å². The standard InChI is InChI=1S/C32H29NO9/c1-16(34)26-21(35)14-24-32(2,30(26)39)28-22(36)13-23(41-3)27(29(28)42-24)31(40)33-15-19-12-17(7-6-10-25(37)38)11-18-8-4-5-9-20(18)19/h4-5,8-9,11-14,35-36H,6-7,10,15H2,1-3H3,(H,33,40)(H,37,38)/t32-/m1/s1. The van der Waals surface area contributed by atoms with Crippen LogP contribution in [-0.2, 0) is 32.8 Å². The quantitative estimate of drug-likeness (QED) is 0.273. The molecule has 1 amide bonds. The van der Waals surface area contributed by atoms with Gasteiger partial charge >= 0.3 is 5.97 Å². The van der Waals surface area contributed by atoms with Gasteiger partial charge in [-0.2, -0.15) is 0 Å². The first-order chi connectivity index (χ1) is 20.0. The first kappa shape index (κ1) is 28.4. The fraction of sp³-hybridized carbons (Fsp3) is 0.250. The monoisotopic (exact) mass is 571 g/mol. The van der Waals surface area contributed by atoms with Crippen LogP contribution in [0.4, 0.5) is 0 Å². The van der Waals surface area contributed by atoms with E-state index in [4.69, 9.17) is 14.6 Å². The number of aliphatic hydroxyl groups is 1. The number of ether oxygens (including phenoxy) is 2. The van der Waals surface area contributed by atoms with Crippen LogP contribution in [0.25, 0.3) is 10.8 Å².